The second-order valence-corrected chi connectivity index (χ2v) is 5.34. The van der Waals surface area contributed by atoms with Gasteiger partial charge in [0, 0.05) is 18.1 Å². The van der Waals surface area contributed by atoms with Gasteiger partial charge in [0.15, 0.2) is 0 Å². The van der Waals surface area contributed by atoms with Crippen molar-refractivity contribution in [3.8, 4) is 0 Å². The minimum atomic E-state index is -0.551. The fraction of sp³-hybridized carbons (Fsp3) is 0.267. The Morgan fingerprint density at radius 1 is 1.43 bits per heavy atom. The molecule has 2 rings (SSSR count). The van der Waals surface area contributed by atoms with E-state index in [2.05, 4.69) is 15.9 Å². The lowest BCUT2D eigenvalue weighted by Crippen LogP contribution is -2.33. The van der Waals surface area contributed by atoms with Crippen molar-refractivity contribution in [1.82, 2.24) is 4.90 Å². The number of ether oxygens (including phenoxy) is 1. The van der Waals surface area contributed by atoms with Crippen molar-refractivity contribution in [2.24, 2.45) is 0 Å². The van der Waals surface area contributed by atoms with Crippen LogP contribution in [0.4, 0.5) is 4.39 Å². The smallest absolute Gasteiger partial charge is 0.257 e. The molecule has 0 spiro atoms. The Morgan fingerprint density at radius 3 is 2.90 bits per heavy atom. The zero-order valence-corrected chi connectivity index (χ0v) is 13.1. The Balaban J connectivity index is 2.22. The summed E-state index contributed by atoms with van der Waals surface area (Å²) in [4.78, 5) is 14.0. The standard InChI is InChI=1S/C15H15BrFNO3/c1-20-8-6-18(10-12-3-2-7-21-12)15(19)13-9-11(16)4-5-14(13)17/h2-5,7,9H,6,8,10H2,1H3. The highest BCUT2D eigenvalue weighted by atomic mass is 79.9. The molecule has 2 aromatic rings. The summed E-state index contributed by atoms with van der Waals surface area (Å²) in [5, 5.41) is 0. The summed E-state index contributed by atoms with van der Waals surface area (Å²) in [5.41, 5.74) is 0.0204. The number of amides is 1. The molecule has 1 aromatic heterocycles. The molecule has 1 aromatic carbocycles. The van der Waals surface area contributed by atoms with Crippen LogP contribution in [0, 0.1) is 5.82 Å². The number of benzene rings is 1. The van der Waals surface area contributed by atoms with E-state index in [1.165, 1.54) is 23.3 Å². The number of carbonyl (C=O) groups is 1. The molecule has 0 radical (unpaired) electrons. The van der Waals surface area contributed by atoms with Crippen LogP contribution in [-0.4, -0.2) is 31.1 Å². The molecule has 0 N–H and O–H groups in total. The Hall–Kier alpha value is -1.66. The normalized spacial score (nSPS) is 10.6. The van der Waals surface area contributed by atoms with E-state index in [9.17, 15) is 9.18 Å². The van der Waals surface area contributed by atoms with Crippen molar-refractivity contribution in [1.29, 1.82) is 0 Å². The van der Waals surface area contributed by atoms with Gasteiger partial charge < -0.3 is 14.1 Å². The first-order chi connectivity index (χ1) is 10.1. The molecule has 1 heterocycles. The highest BCUT2D eigenvalue weighted by molar-refractivity contribution is 9.10. The SMILES string of the molecule is COCCN(Cc1ccco1)C(=O)c1cc(Br)ccc1F. The van der Waals surface area contributed by atoms with E-state index in [1.54, 1.807) is 25.3 Å². The lowest BCUT2D eigenvalue weighted by Gasteiger charge is -2.21. The second kappa shape index (κ2) is 7.38. The lowest BCUT2D eigenvalue weighted by atomic mass is 10.2. The molecule has 0 unspecified atom stereocenters. The summed E-state index contributed by atoms with van der Waals surface area (Å²) in [7, 11) is 1.55. The predicted molar refractivity (Wildman–Crippen MR) is 79.4 cm³/mol. The number of carbonyl (C=O) groups excluding carboxylic acids is 1. The fourth-order valence-electron chi connectivity index (χ4n) is 1.88. The lowest BCUT2D eigenvalue weighted by molar-refractivity contribution is 0.0662. The van der Waals surface area contributed by atoms with E-state index in [0.717, 1.165) is 0 Å². The van der Waals surface area contributed by atoms with Crippen molar-refractivity contribution >= 4 is 21.8 Å². The van der Waals surface area contributed by atoms with E-state index >= 15 is 0 Å². The largest absolute Gasteiger partial charge is 0.467 e. The Bertz CT molecular complexity index is 601. The molecular formula is C15H15BrFNO3. The quantitative estimate of drug-likeness (QED) is 0.796. The molecule has 21 heavy (non-hydrogen) atoms. The minimum absolute atomic E-state index is 0.0204. The van der Waals surface area contributed by atoms with Gasteiger partial charge in [-0.2, -0.15) is 0 Å². The molecular weight excluding hydrogens is 341 g/mol. The second-order valence-electron chi connectivity index (χ2n) is 4.42. The average molecular weight is 356 g/mol. The molecule has 0 aliphatic heterocycles. The molecule has 0 fully saturated rings. The van der Waals surface area contributed by atoms with Gasteiger partial charge in [0.2, 0.25) is 0 Å². The number of furan rings is 1. The summed E-state index contributed by atoms with van der Waals surface area (Å²) in [6.45, 7) is 0.977. The van der Waals surface area contributed by atoms with E-state index < -0.39 is 11.7 Å². The van der Waals surface area contributed by atoms with Gasteiger partial charge in [0.1, 0.15) is 11.6 Å². The van der Waals surface area contributed by atoms with Gasteiger partial charge >= 0.3 is 0 Å². The monoisotopic (exact) mass is 355 g/mol. The van der Waals surface area contributed by atoms with Crippen LogP contribution in [-0.2, 0) is 11.3 Å². The van der Waals surface area contributed by atoms with Gasteiger partial charge in [-0.25, -0.2) is 4.39 Å². The van der Waals surface area contributed by atoms with E-state index in [4.69, 9.17) is 9.15 Å². The van der Waals surface area contributed by atoms with Gasteiger partial charge in [-0.15, -0.1) is 0 Å². The molecule has 0 atom stereocenters. The van der Waals surface area contributed by atoms with Crippen LogP contribution in [0.3, 0.4) is 0 Å². The predicted octanol–water partition coefficient (Wildman–Crippen LogP) is 3.47. The average Bonchev–Trinajstić information content (AvgIpc) is 2.98. The Kier molecular flexibility index (Phi) is 5.52. The van der Waals surface area contributed by atoms with Crippen LogP contribution in [0.25, 0.3) is 0 Å². The first-order valence-electron chi connectivity index (χ1n) is 6.37. The number of rotatable bonds is 6. The summed E-state index contributed by atoms with van der Waals surface area (Å²) in [6, 6.07) is 7.80. The van der Waals surface area contributed by atoms with Crippen LogP contribution in [0.2, 0.25) is 0 Å². The van der Waals surface area contributed by atoms with Gasteiger partial charge in [0.25, 0.3) is 5.91 Å². The van der Waals surface area contributed by atoms with Gasteiger partial charge in [-0.3, -0.25) is 4.79 Å². The van der Waals surface area contributed by atoms with Crippen molar-refractivity contribution in [3.05, 3.63) is 58.2 Å². The summed E-state index contributed by atoms with van der Waals surface area (Å²) >= 11 is 3.25. The summed E-state index contributed by atoms with van der Waals surface area (Å²) in [6.07, 6.45) is 1.54. The third-order valence-corrected chi connectivity index (χ3v) is 3.43. The molecule has 0 saturated carbocycles. The highest BCUT2D eigenvalue weighted by Gasteiger charge is 2.20. The van der Waals surface area contributed by atoms with Crippen LogP contribution < -0.4 is 0 Å². The fourth-order valence-corrected chi connectivity index (χ4v) is 2.24. The third-order valence-electron chi connectivity index (χ3n) is 2.94. The molecule has 112 valence electrons. The topological polar surface area (TPSA) is 42.7 Å². The van der Waals surface area contributed by atoms with Gasteiger partial charge in [-0.1, -0.05) is 15.9 Å². The van der Waals surface area contributed by atoms with Crippen LogP contribution in [0.5, 0.6) is 0 Å². The first kappa shape index (κ1) is 15.7. The maximum atomic E-state index is 13.9. The maximum absolute atomic E-state index is 13.9. The molecule has 0 aliphatic rings. The highest BCUT2D eigenvalue weighted by Crippen LogP contribution is 2.18. The van der Waals surface area contributed by atoms with Crippen LogP contribution in [0.1, 0.15) is 16.1 Å². The van der Waals surface area contributed by atoms with Crippen LogP contribution in [0.15, 0.2) is 45.5 Å². The minimum Gasteiger partial charge on any atom is -0.467 e. The van der Waals surface area contributed by atoms with E-state index in [-0.39, 0.29) is 12.1 Å². The number of methoxy groups -OCH3 is 1. The number of hydrogen-bond donors (Lipinski definition) is 0. The first-order valence-corrected chi connectivity index (χ1v) is 7.16. The number of nitrogens with zero attached hydrogens (tertiary/aromatic N) is 1. The maximum Gasteiger partial charge on any atom is 0.257 e. The Morgan fingerprint density at radius 2 is 2.24 bits per heavy atom. The summed E-state index contributed by atoms with van der Waals surface area (Å²) < 4.78 is 24.8. The molecule has 0 aliphatic carbocycles. The van der Waals surface area contributed by atoms with E-state index in [1.807, 2.05) is 0 Å². The molecule has 0 bridgehead atoms. The molecule has 0 saturated heterocycles. The van der Waals surface area contributed by atoms with E-state index in [0.29, 0.717) is 23.4 Å². The van der Waals surface area contributed by atoms with Crippen molar-refractivity contribution in [3.63, 3.8) is 0 Å². The number of hydrogen-bond acceptors (Lipinski definition) is 3. The van der Waals surface area contributed by atoms with Crippen LogP contribution >= 0.6 is 15.9 Å². The summed E-state index contributed by atoms with van der Waals surface area (Å²) in [5.74, 6) is -0.317. The zero-order valence-electron chi connectivity index (χ0n) is 11.5. The van der Waals surface area contributed by atoms with Crippen molar-refractivity contribution in [2.75, 3.05) is 20.3 Å². The zero-order chi connectivity index (χ0) is 15.2. The van der Waals surface area contributed by atoms with Gasteiger partial charge in [-0.05, 0) is 30.3 Å². The third kappa shape index (κ3) is 4.15. The molecule has 6 heteroatoms. The molecule has 1 amide bonds. The molecule has 4 nitrogen and oxygen atoms in total. The van der Waals surface area contributed by atoms with Crippen molar-refractivity contribution in [2.45, 2.75) is 6.54 Å². The van der Waals surface area contributed by atoms with Gasteiger partial charge in [0.05, 0.1) is 25.0 Å². The number of halogens is 2. The Labute approximate surface area is 130 Å². The van der Waals surface area contributed by atoms with Crippen molar-refractivity contribution < 1.29 is 18.3 Å².